The van der Waals surface area contributed by atoms with Crippen LogP contribution < -0.4 is 5.32 Å². The summed E-state index contributed by atoms with van der Waals surface area (Å²) in [6.45, 7) is 0.499. The average molecular weight is 170 g/mol. The molecule has 0 bridgehead atoms. The average Bonchev–Trinajstić information content (AvgIpc) is 2.57. The first kappa shape index (κ1) is 8.58. The molecule has 1 rings (SSSR count). The molecular weight excluding hydrogens is 160 g/mol. The van der Waals surface area contributed by atoms with E-state index in [-0.39, 0.29) is 0 Å². The Hall–Kier alpha value is -1.52. The van der Waals surface area contributed by atoms with Gasteiger partial charge in [0, 0.05) is 13.0 Å². The van der Waals surface area contributed by atoms with Crippen LogP contribution in [0, 0.1) is 0 Å². The highest BCUT2D eigenvalue weighted by molar-refractivity contribution is 5.66. The molecule has 5 nitrogen and oxygen atoms in total. The van der Waals surface area contributed by atoms with Crippen molar-refractivity contribution in [2.75, 3.05) is 13.7 Å². The third kappa shape index (κ3) is 2.61. The van der Waals surface area contributed by atoms with Gasteiger partial charge >= 0.3 is 6.09 Å². The van der Waals surface area contributed by atoms with Crippen LogP contribution in [0.5, 0.6) is 0 Å². The van der Waals surface area contributed by atoms with E-state index in [9.17, 15) is 4.79 Å². The zero-order chi connectivity index (χ0) is 8.81. The number of ether oxygens (including phenoxy) is 1. The van der Waals surface area contributed by atoms with E-state index >= 15 is 0 Å². The molecule has 0 aromatic carbocycles. The lowest BCUT2D eigenvalue weighted by molar-refractivity contribution is 0.171. The lowest BCUT2D eigenvalue weighted by Gasteiger charge is -2.00. The lowest BCUT2D eigenvalue weighted by atomic mass is 10.3. The molecule has 1 aromatic rings. The van der Waals surface area contributed by atoms with Crippen molar-refractivity contribution in [3.63, 3.8) is 0 Å². The molecule has 1 amide bonds. The predicted molar refractivity (Wildman–Crippen MR) is 40.6 cm³/mol. The maximum Gasteiger partial charge on any atom is 0.406 e. The third-order valence-electron chi connectivity index (χ3n) is 1.32. The van der Waals surface area contributed by atoms with Crippen LogP contribution in [0.25, 0.3) is 0 Å². The molecule has 1 N–H and O–H groups in total. The van der Waals surface area contributed by atoms with Gasteiger partial charge < -0.3 is 14.5 Å². The van der Waals surface area contributed by atoms with E-state index in [0.29, 0.717) is 13.0 Å². The second-order valence-electron chi connectivity index (χ2n) is 2.15. The Labute approximate surface area is 69.7 Å². The summed E-state index contributed by atoms with van der Waals surface area (Å²) in [6.07, 6.45) is 3.11. The molecule has 0 unspecified atom stereocenters. The number of aromatic nitrogens is 1. The monoisotopic (exact) mass is 170 g/mol. The van der Waals surface area contributed by atoms with Crippen molar-refractivity contribution < 1.29 is 13.9 Å². The van der Waals surface area contributed by atoms with Gasteiger partial charge in [-0.15, -0.1) is 0 Å². The van der Waals surface area contributed by atoms with Gasteiger partial charge in [-0.25, -0.2) is 9.78 Å². The molecule has 5 heteroatoms. The van der Waals surface area contributed by atoms with E-state index in [1.165, 1.54) is 13.5 Å². The van der Waals surface area contributed by atoms with Gasteiger partial charge in [-0.2, -0.15) is 0 Å². The van der Waals surface area contributed by atoms with Gasteiger partial charge in [0.25, 0.3) is 0 Å². The van der Waals surface area contributed by atoms with Crippen molar-refractivity contribution >= 4 is 6.09 Å². The Kier molecular flexibility index (Phi) is 3.13. The quantitative estimate of drug-likeness (QED) is 0.720. The van der Waals surface area contributed by atoms with E-state index in [2.05, 4.69) is 15.0 Å². The SMILES string of the molecule is COC(=O)NCCc1cocn1. The summed E-state index contributed by atoms with van der Waals surface area (Å²) < 4.78 is 9.12. The van der Waals surface area contributed by atoms with Crippen LogP contribution in [0.4, 0.5) is 4.79 Å². The molecule has 1 aromatic heterocycles. The largest absolute Gasteiger partial charge is 0.453 e. The number of hydrogen-bond donors (Lipinski definition) is 1. The molecule has 0 aliphatic rings. The van der Waals surface area contributed by atoms with Crippen molar-refractivity contribution in [1.29, 1.82) is 0 Å². The first-order chi connectivity index (χ1) is 5.83. The third-order valence-corrected chi connectivity index (χ3v) is 1.32. The number of alkyl carbamates (subject to hydrolysis) is 1. The van der Waals surface area contributed by atoms with Crippen LogP contribution in [-0.2, 0) is 11.2 Å². The minimum atomic E-state index is -0.432. The molecule has 0 atom stereocenters. The molecule has 0 fully saturated rings. The fraction of sp³-hybridized carbons (Fsp3) is 0.429. The summed E-state index contributed by atoms with van der Waals surface area (Å²) in [5.41, 5.74) is 0.811. The number of hydrogen-bond acceptors (Lipinski definition) is 4. The van der Waals surface area contributed by atoms with Gasteiger partial charge in [-0.1, -0.05) is 0 Å². The molecule has 66 valence electrons. The maximum atomic E-state index is 10.6. The van der Waals surface area contributed by atoms with Crippen LogP contribution in [0.1, 0.15) is 5.69 Å². The Morgan fingerprint density at radius 3 is 3.25 bits per heavy atom. The van der Waals surface area contributed by atoms with Gasteiger partial charge in [-0.05, 0) is 0 Å². The molecule has 0 spiro atoms. The molecular formula is C7H10N2O3. The van der Waals surface area contributed by atoms with E-state index in [1.54, 1.807) is 6.26 Å². The van der Waals surface area contributed by atoms with Crippen molar-refractivity contribution in [3.8, 4) is 0 Å². The Morgan fingerprint density at radius 1 is 1.83 bits per heavy atom. The minimum absolute atomic E-state index is 0.432. The van der Waals surface area contributed by atoms with Crippen LogP contribution >= 0.6 is 0 Å². The normalized spacial score (nSPS) is 9.42. The molecule has 0 saturated carbocycles. The predicted octanol–water partition coefficient (Wildman–Crippen LogP) is 0.573. The summed E-state index contributed by atoms with van der Waals surface area (Å²) in [7, 11) is 1.32. The van der Waals surface area contributed by atoms with Crippen molar-refractivity contribution in [1.82, 2.24) is 10.3 Å². The van der Waals surface area contributed by atoms with Gasteiger partial charge in [0.15, 0.2) is 6.39 Å². The summed E-state index contributed by atoms with van der Waals surface area (Å²) in [5, 5.41) is 2.53. The Morgan fingerprint density at radius 2 is 2.67 bits per heavy atom. The van der Waals surface area contributed by atoms with E-state index in [4.69, 9.17) is 4.42 Å². The fourth-order valence-corrected chi connectivity index (χ4v) is 0.726. The van der Waals surface area contributed by atoms with Crippen LogP contribution in [-0.4, -0.2) is 24.7 Å². The topological polar surface area (TPSA) is 64.4 Å². The first-order valence-corrected chi connectivity index (χ1v) is 3.52. The van der Waals surface area contributed by atoms with Crippen molar-refractivity contribution in [3.05, 3.63) is 18.4 Å². The van der Waals surface area contributed by atoms with Crippen molar-refractivity contribution in [2.45, 2.75) is 6.42 Å². The highest BCUT2D eigenvalue weighted by atomic mass is 16.5. The standard InChI is InChI=1S/C7H10N2O3/c1-11-7(10)8-3-2-6-4-12-5-9-6/h4-5H,2-3H2,1H3,(H,8,10). The van der Waals surface area contributed by atoms with Crippen molar-refractivity contribution in [2.24, 2.45) is 0 Å². The van der Waals surface area contributed by atoms with Crippen LogP contribution in [0.15, 0.2) is 17.1 Å². The molecule has 1 heterocycles. The van der Waals surface area contributed by atoms with Crippen LogP contribution in [0.2, 0.25) is 0 Å². The zero-order valence-corrected chi connectivity index (χ0v) is 6.74. The number of amides is 1. The smallest absolute Gasteiger partial charge is 0.406 e. The van der Waals surface area contributed by atoms with Gasteiger partial charge in [0.1, 0.15) is 6.26 Å². The molecule has 0 saturated heterocycles. The Bertz CT molecular complexity index is 233. The van der Waals surface area contributed by atoms with E-state index in [1.807, 2.05) is 0 Å². The van der Waals surface area contributed by atoms with Gasteiger partial charge in [0.05, 0.1) is 12.8 Å². The summed E-state index contributed by atoms with van der Waals surface area (Å²) in [6, 6.07) is 0. The second kappa shape index (κ2) is 4.38. The number of methoxy groups -OCH3 is 1. The number of nitrogens with zero attached hydrogens (tertiary/aromatic N) is 1. The number of carbonyl (C=O) groups is 1. The highest BCUT2D eigenvalue weighted by Crippen LogP contribution is 1.93. The van der Waals surface area contributed by atoms with E-state index < -0.39 is 6.09 Å². The molecule has 0 aliphatic carbocycles. The highest BCUT2D eigenvalue weighted by Gasteiger charge is 1.99. The van der Waals surface area contributed by atoms with Gasteiger partial charge in [-0.3, -0.25) is 0 Å². The second-order valence-corrected chi connectivity index (χ2v) is 2.15. The summed E-state index contributed by atoms with van der Waals surface area (Å²) in [4.78, 5) is 14.4. The zero-order valence-electron chi connectivity index (χ0n) is 6.74. The maximum absolute atomic E-state index is 10.6. The number of nitrogens with one attached hydrogen (secondary N) is 1. The summed E-state index contributed by atoms with van der Waals surface area (Å²) >= 11 is 0. The fourth-order valence-electron chi connectivity index (χ4n) is 0.726. The molecule has 0 radical (unpaired) electrons. The number of carbonyl (C=O) groups excluding carboxylic acids is 1. The molecule has 0 aliphatic heterocycles. The molecule has 12 heavy (non-hydrogen) atoms. The minimum Gasteiger partial charge on any atom is -0.453 e. The lowest BCUT2D eigenvalue weighted by Crippen LogP contribution is -2.25. The van der Waals surface area contributed by atoms with Gasteiger partial charge in [0.2, 0.25) is 0 Å². The van der Waals surface area contributed by atoms with Crippen LogP contribution in [0.3, 0.4) is 0 Å². The summed E-state index contributed by atoms with van der Waals surface area (Å²) in [5.74, 6) is 0. The Balaban J connectivity index is 2.15. The first-order valence-electron chi connectivity index (χ1n) is 3.52. The number of oxazole rings is 1. The number of rotatable bonds is 3. The van der Waals surface area contributed by atoms with E-state index in [0.717, 1.165) is 5.69 Å².